The van der Waals surface area contributed by atoms with Crippen molar-refractivity contribution in [3.05, 3.63) is 63.6 Å². The first-order chi connectivity index (χ1) is 11.7. The van der Waals surface area contributed by atoms with Crippen molar-refractivity contribution >= 4 is 27.5 Å². The van der Waals surface area contributed by atoms with Gasteiger partial charge in [0.2, 0.25) is 0 Å². The summed E-state index contributed by atoms with van der Waals surface area (Å²) in [5.74, 6) is 0.546. The third kappa shape index (κ3) is 3.01. The molecule has 1 unspecified atom stereocenters. The maximum Gasteiger partial charge on any atom is 0.258 e. The molecule has 4 heteroatoms. The molecule has 1 fully saturated rings. The zero-order valence-electron chi connectivity index (χ0n) is 13.5. The lowest BCUT2D eigenvalue weighted by Crippen LogP contribution is -2.28. The lowest BCUT2D eigenvalue weighted by atomic mass is 9.93. The van der Waals surface area contributed by atoms with Gasteiger partial charge in [0.05, 0.1) is 6.61 Å². The van der Waals surface area contributed by atoms with Crippen molar-refractivity contribution in [3.8, 4) is 0 Å². The fourth-order valence-corrected chi connectivity index (χ4v) is 3.97. The van der Waals surface area contributed by atoms with Crippen LogP contribution in [0.2, 0.25) is 0 Å². The zero-order chi connectivity index (χ0) is 16.5. The van der Waals surface area contributed by atoms with E-state index in [9.17, 15) is 4.79 Å². The first-order valence-electron chi connectivity index (χ1n) is 8.50. The van der Waals surface area contributed by atoms with Gasteiger partial charge in [0.25, 0.3) is 5.91 Å². The van der Waals surface area contributed by atoms with E-state index in [2.05, 4.69) is 34.1 Å². The largest absolute Gasteiger partial charge is 0.381 e. The number of amides is 1. The molecule has 0 aromatic heterocycles. The Bertz CT molecular complexity index is 751. The second kappa shape index (κ2) is 6.69. The Kier molecular flexibility index (Phi) is 4.42. The normalized spacial score (nSPS) is 20.0. The van der Waals surface area contributed by atoms with Crippen molar-refractivity contribution in [2.45, 2.75) is 25.2 Å². The number of anilines is 1. The highest BCUT2D eigenvalue weighted by atomic mass is 79.9. The van der Waals surface area contributed by atoms with E-state index >= 15 is 0 Å². The SMILES string of the molecule is O=C(c1ccc(C2CCCOC2)cc1)N1CCc2ccc(Br)cc21. The van der Waals surface area contributed by atoms with Crippen LogP contribution in [0, 0.1) is 0 Å². The molecule has 0 N–H and O–H groups in total. The Balaban J connectivity index is 1.54. The molecule has 2 heterocycles. The Morgan fingerprint density at radius 3 is 2.75 bits per heavy atom. The highest BCUT2D eigenvalue weighted by molar-refractivity contribution is 9.10. The zero-order valence-corrected chi connectivity index (χ0v) is 15.1. The number of nitrogens with zero attached hydrogens (tertiary/aromatic N) is 1. The van der Waals surface area contributed by atoms with Gasteiger partial charge in [-0.1, -0.05) is 34.1 Å². The second-order valence-electron chi connectivity index (χ2n) is 6.52. The Morgan fingerprint density at radius 1 is 1.17 bits per heavy atom. The minimum Gasteiger partial charge on any atom is -0.381 e. The Hall–Kier alpha value is -1.65. The summed E-state index contributed by atoms with van der Waals surface area (Å²) in [4.78, 5) is 14.8. The van der Waals surface area contributed by atoms with Crippen molar-refractivity contribution in [1.82, 2.24) is 0 Å². The van der Waals surface area contributed by atoms with Crippen LogP contribution in [0.1, 0.15) is 40.2 Å². The van der Waals surface area contributed by atoms with E-state index in [1.54, 1.807) is 0 Å². The number of carbonyl (C=O) groups excluding carboxylic acids is 1. The van der Waals surface area contributed by atoms with Gasteiger partial charge in [0.15, 0.2) is 0 Å². The van der Waals surface area contributed by atoms with Gasteiger partial charge in [-0.3, -0.25) is 4.79 Å². The van der Waals surface area contributed by atoms with Crippen LogP contribution in [0.4, 0.5) is 5.69 Å². The molecule has 2 aromatic rings. The number of ether oxygens (including phenoxy) is 1. The van der Waals surface area contributed by atoms with Gasteiger partial charge < -0.3 is 9.64 Å². The fourth-order valence-electron chi connectivity index (χ4n) is 3.62. The molecule has 2 aromatic carbocycles. The third-order valence-corrected chi connectivity index (χ3v) is 5.47. The van der Waals surface area contributed by atoms with Gasteiger partial charge in [-0.25, -0.2) is 0 Å². The van der Waals surface area contributed by atoms with E-state index in [0.29, 0.717) is 5.92 Å². The highest BCUT2D eigenvalue weighted by Gasteiger charge is 2.26. The van der Waals surface area contributed by atoms with Crippen LogP contribution in [0.25, 0.3) is 0 Å². The van der Waals surface area contributed by atoms with E-state index < -0.39 is 0 Å². The molecule has 1 atom stereocenters. The molecular formula is C20H20BrNO2. The van der Waals surface area contributed by atoms with E-state index in [1.807, 2.05) is 29.2 Å². The molecule has 0 spiro atoms. The van der Waals surface area contributed by atoms with Crippen molar-refractivity contribution < 1.29 is 9.53 Å². The molecule has 1 amide bonds. The number of benzene rings is 2. The summed E-state index contributed by atoms with van der Waals surface area (Å²) in [5, 5.41) is 0. The molecule has 3 nitrogen and oxygen atoms in total. The summed E-state index contributed by atoms with van der Waals surface area (Å²) < 4.78 is 6.57. The summed E-state index contributed by atoms with van der Waals surface area (Å²) in [6.45, 7) is 2.42. The molecule has 0 saturated carbocycles. The lowest BCUT2D eigenvalue weighted by Gasteiger charge is -2.23. The first-order valence-corrected chi connectivity index (χ1v) is 9.30. The highest BCUT2D eigenvalue weighted by Crippen LogP contribution is 2.32. The summed E-state index contributed by atoms with van der Waals surface area (Å²) in [6.07, 6.45) is 3.21. The van der Waals surface area contributed by atoms with Crippen LogP contribution in [0.15, 0.2) is 46.9 Å². The number of hydrogen-bond donors (Lipinski definition) is 0. The molecule has 2 aliphatic rings. The van der Waals surface area contributed by atoms with Crippen LogP contribution in [-0.4, -0.2) is 25.7 Å². The Morgan fingerprint density at radius 2 is 2.00 bits per heavy atom. The molecule has 124 valence electrons. The van der Waals surface area contributed by atoms with Crippen LogP contribution in [0.3, 0.4) is 0 Å². The van der Waals surface area contributed by atoms with Gasteiger partial charge in [0.1, 0.15) is 0 Å². The van der Waals surface area contributed by atoms with Crippen molar-refractivity contribution in [1.29, 1.82) is 0 Å². The van der Waals surface area contributed by atoms with Gasteiger partial charge in [-0.05, 0) is 54.7 Å². The molecule has 0 radical (unpaired) electrons. The van der Waals surface area contributed by atoms with Crippen LogP contribution >= 0.6 is 15.9 Å². The molecule has 4 rings (SSSR count). The van der Waals surface area contributed by atoms with Gasteiger partial charge in [-0.15, -0.1) is 0 Å². The van der Waals surface area contributed by atoms with E-state index in [-0.39, 0.29) is 5.91 Å². The van der Waals surface area contributed by atoms with E-state index in [1.165, 1.54) is 17.5 Å². The van der Waals surface area contributed by atoms with E-state index in [4.69, 9.17) is 4.74 Å². The molecule has 24 heavy (non-hydrogen) atoms. The molecule has 2 aliphatic heterocycles. The van der Waals surface area contributed by atoms with Crippen LogP contribution in [-0.2, 0) is 11.2 Å². The van der Waals surface area contributed by atoms with Crippen molar-refractivity contribution in [2.75, 3.05) is 24.7 Å². The predicted octanol–water partition coefficient (Wildman–Crippen LogP) is 4.55. The number of rotatable bonds is 2. The average molecular weight is 386 g/mol. The predicted molar refractivity (Wildman–Crippen MR) is 98.8 cm³/mol. The molecule has 1 saturated heterocycles. The Labute approximate surface area is 150 Å². The topological polar surface area (TPSA) is 29.5 Å². The number of halogens is 1. The number of hydrogen-bond acceptors (Lipinski definition) is 2. The van der Waals surface area contributed by atoms with Gasteiger partial charge in [-0.2, -0.15) is 0 Å². The van der Waals surface area contributed by atoms with Crippen molar-refractivity contribution in [3.63, 3.8) is 0 Å². The maximum absolute atomic E-state index is 12.9. The first kappa shape index (κ1) is 15.9. The maximum atomic E-state index is 12.9. The molecular weight excluding hydrogens is 366 g/mol. The lowest BCUT2D eigenvalue weighted by molar-refractivity contribution is 0.0804. The molecule has 0 aliphatic carbocycles. The summed E-state index contributed by atoms with van der Waals surface area (Å²) >= 11 is 3.50. The number of fused-ring (bicyclic) bond motifs is 1. The van der Waals surface area contributed by atoms with E-state index in [0.717, 1.165) is 48.3 Å². The standard InChI is InChI=1S/C20H20BrNO2/c21-18-8-7-15-9-10-22(19(15)12-18)20(23)16-5-3-14(4-6-16)17-2-1-11-24-13-17/h3-8,12,17H,1-2,9-11,13H2. The molecule has 0 bridgehead atoms. The minimum atomic E-state index is 0.0818. The summed E-state index contributed by atoms with van der Waals surface area (Å²) in [5.41, 5.74) is 4.29. The van der Waals surface area contributed by atoms with Crippen LogP contribution in [0.5, 0.6) is 0 Å². The average Bonchev–Trinajstić information content (AvgIpc) is 3.05. The monoisotopic (exact) mass is 385 g/mol. The smallest absolute Gasteiger partial charge is 0.258 e. The third-order valence-electron chi connectivity index (χ3n) is 4.98. The number of carbonyl (C=O) groups is 1. The minimum absolute atomic E-state index is 0.0818. The summed E-state index contributed by atoms with van der Waals surface area (Å²) in [6, 6.07) is 14.3. The van der Waals surface area contributed by atoms with Crippen molar-refractivity contribution in [2.24, 2.45) is 0 Å². The fraction of sp³-hybridized carbons (Fsp3) is 0.350. The van der Waals surface area contributed by atoms with Gasteiger partial charge >= 0.3 is 0 Å². The quantitative estimate of drug-likeness (QED) is 0.758. The van der Waals surface area contributed by atoms with Crippen LogP contribution < -0.4 is 4.90 Å². The summed E-state index contributed by atoms with van der Waals surface area (Å²) in [7, 11) is 0. The second-order valence-corrected chi connectivity index (χ2v) is 7.43. The van der Waals surface area contributed by atoms with Gasteiger partial charge in [0, 0.05) is 34.8 Å².